The number of H-pyrrole nitrogens is 1. The number of aromatic nitrogens is 3. The highest BCUT2D eigenvalue weighted by Crippen LogP contribution is 2.26. The van der Waals surface area contributed by atoms with Gasteiger partial charge in [0.05, 0.1) is 12.4 Å². The van der Waals surface area contributed by atoms with Crippen LogP contribution in [0.5, 0.6) is 11.6 Å². The lowest BCUT2D eigenvalue weighted by molar-refractivity contribution is -0.117. The molecule has 1 amide bonds. The number of rotatable bonds is 7. The number of amides is 1. The Hall–Kier alpha value is -3.68. The number of hydrogen-bond donors (Lipinski definition) is 3. The first-order chi connectivity index (χ1) is 13.0. The highest BCUT2D eigenvalue weighted by Gasteiger charge is 2.05. The van der Waals surface area contributed by atoms with Gasteiger partial charge in [-0.3, -0.25) is 14.6 Å². The largest absolute Gasteiger partial charge is 0.437 e. The average Bonchev–Trinajstić information content (AvgIpc) is 2.63. The van der Waals surface area contributed by atoms with Gasteiger partial charge in [-0.1, -0.05) is 12.1 Å². The van der Waals surface area contributed by atoms with Crippen LogP contribution in [0.25, 0.3) is 11.1 Å². The van der Waals surface area contributed by atoms with Crippen LogP contribution in [-0.4, -0.2) is 27.4 Å². The monoisotopic (exact) mass is 365 g/mol. The Balaban J connectivity index is 1.69. The first kappa shape index (κ1) is 18.1. The van der Waals surface area contributed by atoms with Crippen LogP contribution < -0.4 is 21.3 Å². The molecule has 2 heterocycles. The third kappa shape index (κ3) is 4.91. The lowest BCUT2D eigenvalue weighted by atomic mass is 10.0. The molecule has 8 heteroatoms. The number of pyridine rings is 1. The molecule has 4 N–H and O–H groups in total. The van der Waals surface area contributed by atoms with Crippen LogP contribution in [0.4, 0.5) is 5.82 Å². The molecule has 0 aliphatic heterocycles. The third-order valence-corrected chi connectivity index (χ3v) is 3.79. The summed E-state index contributed by atoms with van der Waals surface area (Å²) in [6, 6.07) is 10.7. The normalized spacial score (nSPS) is 10.4. The van der Waals surface area contributed by atoms with Gasteiger partial charge in [0, 0.05) is 30.3 Å². The Labute approximate surface area is 155 Å². The molecule has 0 spiro atoms. The number of aromatic amines is 1. The lowest BCUT2D eigenvalue weighted by Gasteiger charge is -2.09. The van der Waals surface area contributed by atoms with Gasteiger partial charge in [-0.05, 0) is 30.7 Å². The molecule has 27 heavy (non-hydrogen) atoms. The predicted octanol–water partition coefficient (Wildman–Crippen LogP) is 2.22. The van der Waals surface area contributed by atoms with Gasteiger partial charge < -0.3 is 20.8 Å². The van der Waals surface area contributed by atoms with Crippen molar-refractivity contribution in [3.8, 4) is 22.8 Å². The van der Waals surface area contributed by atoms with E-state index in [2.05, 4.69) is 20.3 Å². The van der Waals surface area contributed by atoms with E-state index in [0.29, 0.717) is 24.0 Å². The van der Waals surface area contributed by atoms with Crippen molar-refractivity contribution in [3.63, 3.8) is 0 Å². The zero-order chi connectivity index (χ0) is 19.2. The SMILES string of the molecule is Cc1[nH]c(=O)ccc1-c1ccc(Oc2cncc(NCCC(N)=O)n2)cc1. The summed E-state index contributed by atoms with van der Waals surface area (Å²) in [7, 11) is 0. The van der Waals surface area contributed by atoms with Crippen LogP contribution in [0, 0.1) is 6.92 Å². The Kier molecular flexibility index (Phi) is 5.46. The van der Waals surface area contributed by atoms with Crippen LogP contribution in [0.3, 0.4) is 0 Å². The highest BCUT2D eigenvalue weighted by molar-refractivity contribution is 5.74. The zero-order valence-electron chi connectivity index (χ0n) is 14.7. The van der Waals surface area contributed by atoms with Crippen molar-refractivity contribution in [2.24, 2.45) is 5.73 Å². The van der Waals surface area contributed by atoms with Gasteiger partial charge >= 0.3 is 0 Å². The summed E-state index contributed by atoms with van der Waals surface area (Å²) in [4.78, 5) is 33.2. The van der Waals surface area contributed by atoms with E-state index in [0.717, 1.165) is 16.8 Å². The van der Waals surface area contributed by atoms with Crippen LogP contribution >= 0.6 is 0 Å². The van der Waals surface area contributed by atoms with Gasteiger partial charge in [-0.15, -0.1) is 0 Å². The van der Waals surface area contributed by atoms with Gasteiger partial charge in [0.25, 0.3) is 0 Å². The van der Waals surface area contributed by atoms with E-state index in [1.165, 1.54) is 18.5 Å². The second-order valence-corrected chi connectivity index (χ2v) is 5.87. The summed E-state index contributed by atoms with van der Waals surface area (Å²) in [5.74, 6) is 1.03. The fraction of sp³-hybridized carbons (Fsp3) is 0.158. The number of carbonyl (C=O) groups excluding carboxylic acids is 1. The Morgan fingerprint density at radius 3 is 2.67 bits per heavy atom. The average molecular weight is 365 g/mol. The first-order valence-electron chi connectivity index (χ1n) is 8.34. The standard InChI is InChI=1S/C19H19N5O3/c1-12-15(6-7-18(26)23-12)13-2-4-14(5-3-13)27-19-11-21-10-17(24-19)22-9-8-16(20)25/h2-7,10-11H,8-9H2,1H3,(H2,20,25)(H,22,24)(H,23,26). The van der Waals surface area contributed by atoms with Crippen molar-refractivity contribution in [2.45, 2.75) is 13.3 Å². The molecule has 3 aromatic rings. The number of nitrogens with zero attached hydrogens (tertiary/aromatic N) is 2. The number of hydrogen-bond acceptors (Lipinski definition) is 6. The molecular formula is C19H19N5O3. The van der Waals surface area contributed by atoms with E-state index in [1.807, 2.05) is 31.2 Å². The Morgan fingerprint density at radius 1 is 1.19 bits per heavy atom. The molecule has 138 valence electrons. The summed E-state index contributed by atoms with van der Waals surface area (Å²) in [5, 5.41) is 2.96. The molecule has 2 aromatic heterocycles. The molecule has 0 unspecified atom stereocenters. The van der Waals surface area contributed by atoms with Gasteiger partial charge in [0.1, 0.15) is 11.6 Å². The van der Waals surface area contributed by atoms with E-state index >= 15 is 0 Å². The van der Waals surface area contributed by atoms with Crippen LogP contribution in [-0.2, 0) is 4.79 Å². The van der Waals surface area contributed by atoms with E-state index < -0.39 is 0 Å². The third-order valence-electron chi connectivity index (χ3n) is 3.79. The number of benzene rings is 1. The minimum absolute atomic E-state index is 0.126. The molecular weight excluding hydrogens is 346 g/mol. The fourth-order valence-electron chi connectivity index (χ4n) is 2.51. The predicted molar refractivity (Wildman–Crippen MR) is 102 cm³/mol. The molecule has 3 rings (SSSR count). The van der Waals surface area contributed by atoms with Gasteiger partial charge in [0.2, 0.25) is 17.3 Å². The summed E-state index contributed by atoms with van der Waals surface area (Å²) < 4.78 is 5.72. The maximum absolute atomic E-state index is 11.3. The molecule has 0 aliphatic rings. The van der Waals surface area contributed by atoms with Gasteiger partial charge in [0.15, 0.2) is 0 Å². The Morgan fingerprint density at radius 2 is 1.96 bits per heavy atom. The smallest absolute Gasteiger partial charge is 0.248 e. The maximum atomic E-state index is 11.3. The van der Waals surface area contributed by atoms with Crippen molar-refractivity contribution in [1.29, 1.82) is 0 Å². The van der Waals surface area contributed by atoms with Crippen molar-refractivity contribution in [2.75, 3.05) is 11.9 Å². The quantitative estimate of drug-likeness (QED) is 0.590. The molecule has 1 aromatic carbocycles. The molecule has 0 saturated carbocycles. The van der Waals surface area contributed by atoms with Gasteiger partial charge in [-0.2, -0.15) is 4.98 Å². The van der Waals surface area contributed by atoms with Crippen LogP contribution in [0.15, 0.2) is 53.6 Å². The van der Waals surface area contributed by atoms with Crippen LogP contribution in [0.2, 0.25) is 0 Å². The molecule has 8 nitrogen and oxygen atoms in total. The minimum Gasteiger partial charge on any atom is -0.437 e. The van der Waals surface area contributed by atoms with E-state index in [9.17, 15) is 9.59 Å². The van der Waals surface area contributed by atoms with E-state index in [-0.39, 0.29) is 17.9 Å². The van der Waals surface area contributed by atoms with Crippen molar-refractivity contribution in [1.82, 2.24) is 15.0 Å². The van der Waals surface area contributed by atoms with Gasteiger partial charge in [-0.25, -0.2) is 0 Å². The fourth-order valence-corrected chi connectivity index (χ4v) is 2.51. The second-order valence-electron chi connectivity index (χ2n) is 5.87. The molecule has 0 bridgehead atoms. The molecule has 0 fully saturated rings. The number of nitrogens with one attached hydrogen (secondary N) is 2. The van der Waals surface area contributed by atoms with E-state index in [1.54, 1.807) is 6.07 Å². The number of primary amides is 1. The summed E-state index contributed by atoms with van der Waals surface area (Å²) in [6.45, 7) is 2.23. The van der Waals surface area contributed by atoms with Crippen molar-refractivity contribution in [3.05, 3.63) is 64.8 Å². The second kappa shape index (κ2) is 8.13. The number of ether oxygens (including phenoxy) is 1. The van der Waals surface area contributed by atoms with Crippen LogP contribution in [0.1, 0.15) is 12.1 Å². The van der Waals surface area contributed by atoms with E-state index in [4.69, 9.17) is 10.5 Å². The number of carbonyl (C=O) groups is 1. The number of anilines is 1. The first-order valence-corrected chi connectivity index (χ1v) is 8.34. The number of aryl methyl sites for hydroxylation is 1. The maximum Gasteiger partial charge on any atom is 0.248 e. The molecule has 0 atom stereocenters. The molecule has 0 radical (unpaired) electrons. The number of nitrogens with two attached hydrogens (primary N) is 1. The molecule has 0 aliphatic carbocycles. The lowest BCUT2D eigenvalue weighted by Crippen LogP contribution is -2.16. The Bertz CT molecular complexity index is 999. The summed E-state index contributed by atoms with van der Waals surface area (Å²) in [6.07, 6.45) is 3.24. The van der Waals surface area contributed by atoms with Crippen molar-refractivity contribution < 1.29 is 9.53 Å². The summed E-state index contributed by atoms with van der Waals surface area (Å²) in [5.41, 5.74) is 7.69. The zero-order valence-corrected chi connectivity index (χ0v) is 14.7. The highest BCUT2D eigenvalue weighted by atomic mass is 16.5. The minimum atomic E-state index is -0.388. The molecule has 0 saturated heterocycles. The summed E-state index contributed by atoms with van der Waals surface area (Å²) >= 11 is 0. The topological polar surface area (TPSA) is 123 Å². The van der Waals surface area contributed by atoms with Crippen molar-refractivity contribution >= 4 is 11.7 Å².